The molecule has 2 aromatic heterocycles. The third-order valence-electron chi connectivity index (χ3n) is 15.3. The molecule has 0 N–H and O–H groups in total. The van der Waals surface area contributed by atoms with Crippen LogP contribution in [0.1, 0.15) is 0 Å². The van der Waals surface area contributed by atoms with Crippen LogP contribution in [0.15, 0.2) is 279 Å². The Morgan fingerprint density at radius 3 is 1.04 bits per heavy atom. The second kappa shape index (κ2) is 16.0. The highest BCUT2D eigenvalue weighted by Gasteiger charge is 2.56. The van der Waals surface area contributed by atoms with Gasteiger partial charge in [-0.2, -0.15) is 0 Å². The molecule has 70 heavy (non-hydrogen) atoms. The van der Waals surface area contributed by atoms with E-state index in [0.29, 0.717) is 0 Å². The van der Waals surface area contributed by atoms with Gasteiger partial charge in [0, 0.05) is 32.9 Å². The van der Waals surface area contributed by atoms with E-state index in [1.165, 1.54) is 96.2 Å². The maximum Gasteiger partial charge on any atom is 0.179 e. The van der Waals surface area contributed by atoms with E-state index in [0.717, 1.165) is 11.4 Å². The second-order valence-corrected chi connectivity index (χ2v) is 26.2. The predicted molar refractivity (Wildman–Crippen MR) is 301 cm³/mol. The van der Waals surface area contributed by atoms with Crippen molar-refractivity contribution in [3.8, 4) is 22.5 Å². The lowest BCUT2D eigenvalue weighted by molar-refractivity contribution is 1.17. The molecule has 0 saturated heterocycles. The van der Waals surface area contributed by atoms with Crippen molar-refractivity contribution >= 4 is 101 Å². The number of para-hydroxylation sites is 2. The van der Waals surface area contributed by atoms with Gasteiger partial charge in [0.05, 0.1) is 22.1 Å². The minimum atomic E-state index is -2.95. The summed E-state index contributed by atoms with van der Waals surface area (Å²) < 4.78 is 4.92. The maximum absolute atomic E-state index is 2.95. The fourth-order valence-electron chi connectivity index (χ4n) is 12.5. The first-order chi connectivity index (χ1) is 34.7. The van der Waals surface area contributed by atoms with Crippen LogP contribution in [-0.4, -0.2) is 25.3 Å². The zero-order valence-electron chi connectivity index (χ0n) is 38.5. The number of hydrogen-bond donors (Lipinski definition) is 0. The highest BCUT2D eigenvalue weighted by molar-refractivity contribution is 7.32. The van der Waals surface area contributed by atoms with Gasteiger partial charge in [-0.1, -0.05) is 224 Å². The molecule has 3 heterocycles. The Bertz CT molecular complexity index is 3960. The van der Waals surface area contributed by atoms with Gasteiger partial charge >= 0.3 is 0 Å². The van der Waals surface area contributed by atoms with Gasteiger partial charge in [0.15, 0.2) is 16.1 Å². The molecular weight excluding hydrogens is 877 g/mol. The predicted octanol–water partition coefficient (Wildman–Crippen LogP) is 10.6. The fraction of sp³-hybridized carbons (Fsp3) is 0. The van der Waals surface area contributed by atoms with Crippen LogP contribution in [0.25, 0.3) is 66.1 Å². The first-order valence-electron chi connectivity index (χ1n) is 24.3. The molecule has 0 bridgehead atoms. The van der Waals surface area contributed by atoms with Crippen molar-refractivity contribution in [1.29, 1.82) is 0 Å². The second-order valence-electron chi connectivity index (χ2n) is 18.7. The van der Waals surface area contributed by atoms with Crippen molar-refractivity contribution in [2.75, 3.05) is 0 Å². The molecule has 2 nitrogen and oxygen atoms in total. The number of nitrogens with zero attached hydrogens (tertiary/aromatic N) is 2. The molecule has 4 heteroatoms. The van der Waals surface area contributed by atoms with Crippen LogP contribution in [0.4, 0.5) is 0 Å². The van der Waals surface area contributed by atoms with E-state index in [-0.39, 0.29) is 0 Å². The first-order valence-corrected chi connectivity index (χ1v) is 28.3. The van der Waals surface area contributed by atoms with Crippen molar-refractivity contribution in [3.05, 3.63) is 279 Å². The van der Waals surface area contributed by atoms with Crippen LogP contribution in [0.5, 0.6) is 0 Å². The Morgan fingerprint density at radius 1 is 0.214 bits per heavy atom. The van der Waals surface area contributed by atoms with Gasteiger partial charge in [0.2, 0.25) is 0 Å². The number of rotatable bonds is 7. The summed E-state index contributed by atoms with van der Waals surface area (Å²) >= 11 is 0. The normalized spacial score (nSPS) is 13.7. The standard InChI is InChI=1S/C66H46N2Si2/c1-5-21-47(22-6-1)48-37-43-61-57(45-48)58-46-50(68-59-31-15-13-29-55(59)56-30-14-16-32-60(56)68)40-44-62(58)67(61)49-38-41-54(42-39-49)70(53-27-11-4-12-28-53)65-35-19-17-33-63(65)69(51-23-7-2-8-24-51,52-25-9-3-10-26-52)64-34-18-20-36-66(64)70/h1-46H. The van der Waals surface area contributed by atoms with Crippen LogP contribution < -0.4 is 41.5 Å². The summed E-state index contributed by atoms with van der Waals surface area (Å²) in [6.07, 6.45) is 0. The van der Waals surface area contributed by atoms with Gasteiger partial charge in [-0.3, -0.25) is 0 Å². The number of benzene rings is 11. The summed E-state index contributed by atoms with van der Waals surface area (Å²) in [4.78, 5) is 0. The molecule has 328 valence electrons. The van der Waals surface area contributed by atoms with Crippen LogP contribution in [-0.2, 0) is 0 Å². The van der Waals surface area contributed by atoms with Crippen LogP contribution >= 0.6 is 0 Å². The summed E-state index contributed by atoms with van der Waals surface area (Å²) in [6, 6.07) is 106. The monoisotopic (exact) mass is 922 g/mol. The third kappa shape index (κ3) is 5.78. The average Bonchev–Trinajstić information content (AvgIpc) is 3.95. The minimum absolute atomic E-state index is 1.15. The summed E-state index contributed by atoms with van der Waals surface area (Å²) in [6.45, 7) is 0. The molecule has 0 saturated carbocycles. The highest BCUT2D eigenvalue weighted by atomic mass is 28.3. The van der Waals surface area contributed by atoms with E-state index in [2.05, 4.69) is 288 Å². The van der Waals surface area contributed by atoms with E-state index in [4.69, 9.17) is 0 Å². The lowest BCUT2D eigenvalue weighted by Crippen LogP contribution is -2.93. The van der Waals surface area contributed by atoms with Crippen molar-refractivity contribution < 1.29 is 0 Å². The molecule has 0 atom stereocenters. The topological polar surface area (TPSA) is 9.86 Å². The van der Waals surface area contributed by atoms with E-state index in [9.17, 15) is 0 Å². The summed E-state index contributed by atoms with van der Waals surface area (Å²) in [5.74, 6) is 0. The largest absolute Gasteiger partial charge is 0.309 e. The van der Waals surface area contributed by atoms with Gasteiger partial charge in [0.25, 0.3) is 0 Å². The SMILES string of the molecule is c1ccc(-c2ccc3c(c2)c2cc(-n4c5ccccc5c5ccccc54)ccc2n3-c2ccc([Si]3(c4ccccc4)c4ccccc4[Si](c4ccccc4)(c4ccccc4)c4ccccc43)cc2)cc1. The zero-order valence-corrected chi connectivity index (χ0v) is 40.5. The quantitative estimate of drug-likeness (QED) is 0.141. The number of hydrogen-bond acceptors (Lipinski definition) is 0. The molecule has 0 aliphatic carbocycles. The van der Waals surface area contributed by atoms with Crippen molar-refractivity contribution in [2.24, 2.45) is 0 Å². The van der Waals surface area contributed by atoms with Crippen LogP contribution in [0.3, 0.4) is 0 Å². The lowest BCUT2D eigenvalue weighted by atomic mass is 10.0. The molecule has 14 rings (SSSR count). The fourth-order valence-corrected chi connectivity index (χ4v) is 24.6. The van der Waals surface area contributed by atoms with E-state index >= 15 is 0 Å². The molecule has 0 amide bonds. The van der Waals surface area contributed by atoms with Gasteiger partial charge in [0.1, 0.15) is 0 Å². The summed E-state index contributed by atoms with van der Waals surface area (Å²) in [5.41, 5.74) is 9.51. The summed E-state index contributed by atoms with van der Waals surface area (Å²) in [7, 11) is -5.75. The van der Waals surface area contributed by atoms with E-state index < -0.39 is 16.1 Å². The van der Waals surface area contributed by atoms with Gasteiger partial charge in [-0.15, -0.1) is 0 Å². The average molecular weight is 923 g/mol. The van der Waals surface area contributed by atoms with Crippen molar-refractivity contribution in [3.63, 3.8) is 0 Å². The maximum atomic E-state index is 2.49. The number of fused-ring (bicyclic) bond motifs is 8. The minimum Gasteiger partial charge on any atom is -0.309 e. The van der Waals surface area contributed by atoms with Crippen molar-refractivity contribution in [2.45, 2.75) is 0 Å². The van der Waals surface area contributed by atoms with Crippen LogP contribution in [0, 0.1) is 0 Å². The smallest absolute Gasteiger partial charge is 0.179 e. The molecule has 11 aromatic carbocycles. The Hall–Kier alpha value is -8.55. The Kier molecular flexibility index (Phi) is 9.28. The van der Waals surface area contributed by atoms with Gasteiger partial charge < -0.3 is 9.13 Å². The Balaban J connectivity index is 1.01. The molecule has 1 aliphatic heterocycles. The molecule has 13 aromatic rings. The van der Waals surface area contributed by atoms with Gasteiger partial charge in [-0.25, -0.2) is 0 Å². The molecule has 0 unspecified atom stereocenters. The Morgan fingerprint density at radius 2 is 0.557 bits per heavy atom. The molecule has 0 fully saturated rings. The number of aromatic nitrogens is 2. The lowest BCUT2D eigenvalue weighted by Gasteiger charge is -2.48. The molecular formula is C66H46N2Si2. The van der Waals surface area contributed by atoms with Crippen LogP contribution in [0.2, 0.25) is 0 Å². The van der Waals surface area contributed by atoms with Crippen molar-refractivity contribution in [1.82, 2.24) is 9.13 Å². The van der Waals surface area contributed by atoms with E-state index in [1.807, 2.05) is 0 Å². The first kappa shape index (κ1) is 40.5. The third-order valence-corrected chi connectivity index (χ3v) is 25.6. The molecule has 1 aliphatic rings. The highest BCUT2D eigenvalue weighted by Crippen LogP contribution is 2.38. The molecule has 0 radical (unpaired) electrons. The summed E-state index contributed by atoms with van der Waals surface area (Å²) in [5, 5.41) is 16.5. The molecule has 0 spiro atoms. The zero-order chi connectivity index (χ0) is 46.2. The van der Waals surface area contributed by atoms with Gasteiger partial charge in [-0.05, 0) is 107 Å². The van der Waals surface area contributed by atoms with E-state index in [1.54, 1.807) is 0 Å². The Labute approximate surface area is 409 Å².